The molecule has 0 aliphatic carbocycles. The fraction of sp³-hybridized carbons (Fsp3) is 0.611. The third kappa shape index (κ3) is 9.83. The van der Waals surface area contributed by atoms with Crippen molar-refractivity contribution in [3.8, 4) is 11.5 Å². The van der Waals surface area contributed by atoms with Crippen molar-refractivity contribution in [2.45, 2.75) is 95.3 Å². The van der Waals surface area contributed by atoms with Crippen LogP contribution in [0.15, 0.2) is 53.4 Å². The molecule has 0 spiro atoms. The van der Waals surface area contributed by atoms with Gasteiger partial charge in [-0.25, -0.2) is 13.2 Å². The van der Waals surface area contributed by atoms with Crippen LogP contribution in [0.25, 0.3) is 0 Å². The third-order valence-corrected chi connectivity index (χ3v) is 11.3. The second kappa shape index (κ2) is 16.8. The van der Waals surface area contributed by atoms with Crippen LogP contribution in [0.1, 0.15) is 58.9 Å². The molecule has 2 saturated heterocycles. The standard InChI is InChI=1S/C36H51N3O11S/c1-24(2)50-34(41)37-16-9-8-15-36(3,4)22-38(51(44,45)26-12-13-31-32(19-26)49-23-48-31)20-30(40)28(18-25-10-6-5-7-11-25)39(35(42)43)29-21-47-33-27(29)14-17-46-33/h5-7,10-13,19,24,27-30,33,40H,8-9,14-18,20-23H2,1-4H3,(H,37,41)(H,42,43)/p-1/t27-,28+,29-,30-,33+/m1/s1. The van der Waals surface area contributed by atoms with Crippen molar-refractivity contribution in [1.29, 1.82) is 0 Å². The summed E-state index contributed by atoms with van der Waals surface area (Å²) in [6.07, 6.45) is -1.60. The van der Waals surface area contributed by atoms with Crippen LogP contribution >= 0.6 is 0 Å². The first-order valence-corrected chi connectivity index (χ1v) is 19.0. The van der Waals surface area contributed by atoms with Crippen LogP contribution in [0, 0.1) is 11.3 Å². The molecule has 5 rings (SSSR count). The predicted molar refractivity (Wildman–Crippen MR) is 183 cm³/mol. The number of hydrogen-bond donors (Lipinski definition) is 2. The number of benzene rings is 2. The number of fused-ring (bicyclic) bond motifs is 2. The average molecular weight is 733 g/mol. The molecule has 2 aromatic rings. The second-order valence-electron chi connectivity index (χ2n) is 14.4. The van der Waals surface area contributed by atoms with E-state index in [1.54, 1.807) is 13.8 Å². The molecular formula is C36H50N3O11S-. The number of hydrogen-bond acceptors (Lipinski definition) is 11. The van der Waals surface area contributed by atoms with Crippen molar-refractivity contribution in [3.05, 3.63) is 54.1 Å². The predicted octanol–water partition coefficient (Wildman–Crippen LogP) is 3.12. The number of unbranched alkanes of at least 4 members (excludes halogenated alkanes) is 1. The summed E-state index contributed by atoms with van der Waals surface area (Å²) in [5.41, 5.74) is 0.181. The van der Waals surface area contributed by atoms with Crippen LogP contribution < -0.4 is 19.9 Å². The molecule has 0 saturated carbocycles. The zero-order chi connectivity index (χ0) is 36.8. The number of nitrogens with one attached hydrogen (secondary N) is 1. The highest BCUT2D eigenvalue weighted by Gasteiger charge is 2.47. The molecule has 3 heterocycles. The molecule has 3 aliphatic heterocycles. The Bertz CT molecular complexity index is 1590. The second-order valence-corrected chi connectivity index (χ2v) is 16.3. The van der Waals surface area contributed by atoms with E-state index in [9.17, 15) is 28.2 Å². The Morgan fingerprint density at radius 3 is 2.55 bits per heavy atom. The van der Waals surface area contributed by atoms with E-state index in [4.69, 9.17) is 23.7 Å². The van der Waals surface area contributed by atoms with Crippen molar-refractivity contribution in [2.75, 3.05) is 39.6 Å². The normalized spacial score (nSPS) is 21.0. The number of sulfonamides is 1. The van der Waals surface area contributed by atoms with E-state index in [1.807, 2.05) is 44.2 Å². The molecule has 2 aromatic carbocycles. The molecule has 0 aromatic heterocycles. The molecule has 15 heteroatoms. The molecule has 0 unspecified atom stereocenters. The van der Waals surface area contributed by atoms with Gasteiger partial charge >= 0.3 is 6.09 Å². The topological polar surface area (TPSA) is 176 Å². The summed E-state index contributed by atoms with van der Waals surface area (Å²) in [5, 5.41) is 27.7. The van der Waals surface area contributed by atoms with E-state index < -0.39 is 58.6 Å². The van der Waals surface area contributed by atoms with Crippen LogP contribution in [-0.2, 0) is 30.7 Å². The van der Waals surface area contributed by atoms with Gasteiger partial charge in [0.15, 0.2) is 17.8 Å². The van der Waals surface area contributed by atoms with Crippen LogP contribution in [0.2, 0.25) is 0 Å². The molecule has 2 fully saturated rings. The molecule has 0 radical (unpaired) electrons. The smallest absolute Gasteiger partial charge is 0.407 e. The van der Waals surface area contributed by atoms with Gasteiger partial charge in [0, 0.05) is 31.6 Å². The number of carboxylic acid groups (broad SMARTS) is 1. The summed E-state index contributed by atoms with van der Waals surface area (Å²) >= 11 is 0. The maximum Gasteiger partial charge on any atom is 0.407 e. The van der Waals surface area contributed by atoms with Gasteiger partial charge < -0.3 is 48.9 Å². The Labute approximate surface area is 300 Å². The Balaban J connectivity index is 1.40. The Hall–Kier alpha value is -3.63. The molecule has 14 nitrogen and oxygen atoms in total. The molecule has 0 bridgehead atoms. The highest BCUT2D eigenvalue weighted by atomic mass is 32.2. The molecule has 282 valence electrons. The monoisotopic (exact) mass is 732 g/mol. The lowest BCUT2D eigenvalue weighted by Gasteiger charge is -2.43. The minimum absolute atomic E-state index is 0.0120. The van der Waals surface area contributed by atoms with Crippen molar-refractivity contribution in [1.82, 2.24) is 14.5 Å². The summed E-state index contributed by atoms with van der Waals surface area (Å²) in [4.78, 5) is 25.9. The zero-order valence-electron chi connectivity index (χ0n) is 29.7. The Kier molecular flexibility index (Phi) is 12.7. The van der Waals surface area contributed by atoms with Gasteiger partial charge in [-0.05, 0) is 62.6 Å². The highest BCUT2D eigenvalue weighted by Crippen LogP contribution is 2.38. The summed E-state index contributed by atoms with van der Waals surface area (Å²) < 4.78 is 57.6. The largest absolute Gasteiger partial charge is 0.530 e. The van der Waals surface area contributed by atoms with E-state index in [-0.39, 0.29) is 43.3 Å². The minimum atomic E-state index is -4.26. The first kappa shape index (κ1) is 38.6. The van der Waals surface area contributed by atoms with Crippen molar-refractivity contribution in [3.63, 3.8) is 0 Å². The van der Waals surface area contributed by atoms with Gasteiger partial charge in [-0.3, -0.25) is 0 Å². The van der Waals surface area contributed by atoms with Gasteiger partial charge in [0.1, 0.15) is 6.09 Å². The van der Waals surface area contributed by atoms with Crippen LogP contribution in [0.5, 0.6) is 11.5 Å². The van der Waals surface area contributed by atoms with Gasteiger partial charge in [-0.2, -0.15) is 4.31 Å². The van der Waals surface area contributed by atoms with Gasteiger partial charge in [-0.1, -0.05) is 50.6 Å². The molecule has 5 atom stereocenters. The molecule has 3 aliphatic rings. The lowest BCUT2D eigenvalue weighted by molar-refractivity contribution is -0.273. The van der Waals surface area contributed by atoms with Crippen LogP contribution in [0.4, 0.5) is 9.59 Å². The molecule has 2 amide bonds. The number of alkyl carbamates (subject to hydrolysis) is 1. The number of aliphatic hydroxyl groups excluding tert-OH is 1. The van der Waals surface area contributed by atoms with Crippen molar-refractivity contribution in [2.24, 2.45) is 11.3 Å². The molecular weight excluding hydrogens is 682 g/mol. The fourth-order valence-electron chi connectivity index (χ4n) is 7.02. The van der Waals surface area contributed by atoms with E-state index >= 15 is 0 Å². The van der Waals surface area contributed by atoms with Crippen LogP contribution in [0.3, 0.4) is 0 Å². The summed E-state index contributed by atoms with van der Waals surface area (Å²) in [6.45, 7) is 7.88. The summed E-state index contributed by atoms with van der Waals surface area (Å²) in [7, 11) is -4.26. The number of nitrogens with zero attached hydrogens (tertiary/aromatic N) is 2. The molecule has 51 heavy (non-hydrogen) atoms. The van der Waals surface area contributed by atoms with E-state index in [0.29, 0.717) is 50.3 Å². The number of carbonyl (C=O) groups excluding carboxylic acids is 2. The maximum absolute atomic E-state index is 14.5. The zero-order valence-corrected chi connectivity index (χ0v) is 30.5. The van der Waals surface area contributed by atoms with E-state index in [2.05, 4.69) is 5.32 Å². The van der Waals surface area contributed by atoms with Crippen molar-refractivity contribution < 1.29 is 51.9 Å². The molecule has 2 N–H and O–H groups in total. The van der Waals surface area contributed by atoms with Gasteiger partial charge in [-0.15, -0.1) is 0 Å². The number of carbonyl (C=O) groups is 2. The summed E-state index contributed by atoms with van der Waals surface area (Å²) in [6, 6.07) is 11.8. The van der Waals surface area contributed by atoms with Gasteiger partial charge in [0.25, 0.3) is 0 Å². The fourth-order valence-corrected chi connectivity index (χ4v) is 8.68. The van der Waals surface area contributed by atoms with Gasteiger partial charge in [0.05, 0.1) is 42.4 Å². The minimum Gasteiger partial charge on any atom is -0.530 e. The maximum atomic E-state index is 14.5. The van der Waals surface area contributed by atoms with E-state index in [0.717, 1.165) is 10.5 Å². The Morgan fingerprint density at radius 1 is 1.08 bits per heavy atom. The first-order chi connectivity index (χ1) is 24.2. The number of ether oxygens (including phenoxy) is 5. The summed E-state index contributed by atoms with van der Waals surface area (Å²) in [5.74, 6) is 0.466. The van der Waals surface area contributed by atoms with Crippen LogP contribution in [-0.4, -0.2) is 105 Å². The average Bonchev–Trinajstić information content (AvgIpc) is 3.82. The SMILES string of the molecule is CC(C)OC(=O)NCCCCC(C)(C)CN(C[C@@H](O)[C@H](Cc1ccccc1)N(C(=O)[O-])[C@@H]1CO[C@@H]2OCC[C@@H]21)S(=O)(=O)c1ccc2c(c1)OCO2. The third-order valence-electron chi connectivity index (χ3n) is 9.53. The highest BCUT2D eigenvalue weighted by molar-refractivity contribution is 7.89. The number of aliphatic hydroxyl groups is 1. The number of rotatable bonds is 17. The lowest BCUT2D eigenvalue weighted by atomic mass is 9.87. The quantitative estimate of drug-likeness (QED) is 0.229. The van der Waals surface area contributed by atoms with E-state index in [1.165, 1.54) is 22.5 Å². The van der Waals surface area contributed by atoms with Gasteiger partial charge in [0.2, 0.25) is 16.8 Å². The Morgan fingerprint density at radius 2 is 1.82 bits per heavy atom. The first-order valence-electron chi connectivity index (χ1n) is 17.5. The number of amides is 2. The van der Waals surface area contributed by atoms with Crippen molar-refractivity contribution >= 4 is 22.2 Å². The lowest BCUT2D eigenvalue weighted by Crippen LogP contribution is -2.61.